The molecule has 172 valence electrons. The van der Waals surface area contributed by atoms with E-state index in [9.17, 15) is 5.11 Å². The molecule has 1 aromatic heterocycles. The number of aliphatic imine (C=N–C) groups is 1. The van der Waals surface area contributed by atoms with Gasteiger partial charge in [0.1, 0.15) is 11.9 Å². The van der Waals surface area contributed by atoms with Gasteiger partial charge in [-0.2, -0.15) is 5.26 Å². The van der Waals surface area contributed by atoms with Gasteiger partial charge in [0.05, 0.1) is 17.3 Å². The number of hydrogen-bond acceptors (Lipinski definition) is 4. The Morgan fingerprint density at radius 3 is 2.79 bits per heavy atom. The molecule has 6 heteroatoms. The summed E-state index contributed by atoms with van der Waals surface area (Å²) >= 11 is 0. The zero-order chi connectivity index (χ0) is 24.1. The Labute approximate surface area is 195 Å². The molecule has 6 nitrogen and oxygen atoms in total. The fourth-order valence-corrected chi connectivity index (χ4v) is 4.36. The molecule has 0 saturated heterocycles. The Morgan fingerprint density at radius 1 is 1.36 bits per heavy atom. The highest BCUT2D eigenvalue weighted by Gasteiger charge is 2.25. The van der Waals surface area contributed by atoms with Gasteiger partial charge in [0.2, 0.25) is 0 Å². The quantitative estimate of drug-likeness (QED) is 0.386. The highest BCUT2D eigenvalue weighted by atomic mass is 16.3. The minimum absolute atomic E-state index is 0.0359. The van der Waals surface area contributed by atoms with Crippen LogP contribution in [0, 0.1) is 29.6 Å². The van der Waals surface area contributed by atoms with Gasteiger partial charge in [-0.25, -0.2) is 4.99 Å². The molecule has 0 bridgehead atoms. The lowest BCUT2D eigenvalue weighted by atomic mass is 9.78. The lowest BCUT2D eigenvalue weighted by Crippen LogP contribution is -2.34. The normalized spacial score (nSPS) is 18.7. The van der Waals surface area contributed by atoms with Crippen molar-refractivity contribution in [1.82, 2.24) is 10.3 Å². The molecular formula is C27H33N5O. The summed E-state index contributed by atoms with van der Waals surface area (Å²) in [6.45, 7) is 10.0. The van der Waals surface area contributed by atoms with E-state index >= 15 is 0 Å². The molecule has 1 aliphatic rings. The molecule has 2 aromatic rings. The predicted octanol–water partition coefficient (Wildman–Crippen LogP) is 3.78. The number of aromatic amines is 1. The van der Waals surface area contributed by atoms with Crippen LogP contribution in [0.1, 0.15) is 62.3 Å². The van der Waals surface area contributed by atoms with Crippen LogP contribution < -0.4 is 15.9 Å². The molecule has 0 saturated carbocycles. The van der Waals surface area contributed by atoms with Crippen molar-refractivity contribution in [2.24, 2.45) is 10.9 Å². The first-order valence-electron chi connectivity index (χ1n) is 11.5. The molecule has 1 heterocycles. The Kier molecular flexibility index (Phi) is 7.55. The van der Waals surface area contributed by atoms with Crippen LogP contribution in [0.2, 0.25) is 0 Å². The Morgan fingerprint density at radius 2 is 2.12 bits per heavy atom. The standard InChI is InChI=1S/C27H33N5O/c1-6-19-9-8-16(3)21(12-19)22-14-23-24(13-20(22)7-2)32-27(33)26(23)18(5)31-25(29)10-11-30-17(4)15-28/h8-14,17,20,22,29-30,32-33H,6-7H2,1-5H3/b11-10-,29-25?,31-18?/t17-,20?,22?/m0/s1. The molecule has 0 radical (unpaired) electrons. The van der Waals surface area contributed by atoms with E-state index < -0.39 is 0 Å². The van der Waals surface area contributed by atoms with Crippen LogP contribution in [0.4, 0.5) is 0 Å². The fourth-order valence-electron chi connectivity index (χ4n) is 4.36. The van der Waals surface area contributed by atoms with Crippen molar-refractivity contribution in [2.45, 2.75) is 59.4 Å². The summed E-state index contributed by atoms with van der Waals surface area (Å²) in [5.74, 6) is 0.623. The molecule has 3 rings (SSSR count). The van der Waals surface area contributed by atoms with Gasteiger partial charge in [-0.15, -0.1) is 0 Å². The number of aromatic nitrogens is 1. The molecule has 1 aromatic carbocycles. The zero-order valence-corrected chi connectivity index (χ0v) is 20.0. The van der Waals surface area contributed by atoms with Crippen LogP contribution in [0.15, 0.2) is 35.5 Å². The van der Waals surface area contributed by atoms with Gasteiger partial charge in [-0.3, -0.25) is 5.41 Å². The van der Waals surface area contributed by atoms with E-state index in [0.29, 0.717) is 17.2 Å². The van der Waals surface area contributed by atoms with Crippen molar-refractivity contribution in [3.05, 3.63) is 63.3 Å². The molecule has 33 heavy (non-hydrogen) atoms. The number of fused-ring (bicyclic) bond motifs is 1. The lowest BCUT2D eigenvalue weighted by molar-refractivity contribution is 0.455. The first kappa shape index (κ1) is 24.1. The van der Waals surface area contributed by atoms with Crippen LogP contribution in [0.25, 0.3) is 12.2 Å². The second-order valence-corrected chi connectivity index (χ2v) is 8.58. The smallest absolute Gasteiger partial charge is 0.198 e. The van der Waals surface area contributed by atoms with Crippen molar-refractivity contribution in [1.29, 1.82) is 10.7 Å². The number of nitrogens with one attached hydrogen (secondary N) is 3. The summed E-state index contributed by atoms with van der Waals surface area (Å²) in [5, 5.41) is 32.4. The third kappa shape index (κ3) is 5.25. The van der Waals surface area contributed by atoms with Crippen molar-refractivity contribution in [2.75, 3.05) is 0 Å². The number of aryl methyl sites for hydroxylation is 2. The van der Waals surface area contributed by atoms with Crippen molar-refractivity contribution in [3.63, 3.8) is 0 Å². The molecular weight excluding hydrogens is 410 g/mol. The molecule has 0 spiro atoms. The van der Waals surface area contributed by atoms with Crippen molar-refractivity contribution in [3.8, 4) is 11.9 Å². The van der Waals surface area contributed by atoms with Gasteiger partial charge in [-0.05, 0) is 62.3 Å². The molecule has 2 unspecified atom stereocenters. The minimum Gasteiger partial charge on any atom is -0.494 e. The summed E-state index contributed by atoms with van der Waals surface area (Å²) in [6.07, 6.45) is 9.48. The van der Waals surface area contributed by atoms with Crippen LogP contribution in [-0.4, -0.2) is 27.7 Å². The highest BCUT2D eigenvalue weighted by Crippen LogP contribution is 2.34. The maximum Gasteiger partial charge on any atom is 0.198 e. The summed E-state index contributed by atoms with van der Waals surface area (Å²) in [7, 11) is 0. The lowest BCUT2D eigenvalue weighted by Gasteiger charge is -2.25. The van der Waals surface area contributed by atoms with Crippen LogP contribution in [-0.2, 0) is 6.42 Å². The van der Waals surface area contributed by atoms with Gasteiger partial charge in [0.15, 0.2) is 5.88 Å². The number of hydrogen-bond donors (Lipinski definition) is 4. The number of nitriles is 1. The van der Waals surface area contributed by atoms with E-state index in [1.54, 1.807) is 20.0 Å². The van der Waals surface area contributed by atoms with E-state index in [2.05, 4.69) is 72.5 Å². The largest absolute Gasteiger partial charge is 0.494 e. The van der Waals surface area contributed by atoms with Gasteiger partial charge in [0, 0.05) is 22.7 Å². The van der Waals surface area contributed by atoms with Crippen LogP contribution >= 0.6 is 0 Å². The second-order valence-electron chi connectivity index (χ2n) is 8.58. The Balaban J connectivity index is 2.05. The van der Waals surface area contributed by atoms with Crippen LogP contribution in [0.5, 0.6) is 5.88 Å². The molecule has 0 amide bonds. The van der Waals surface area contributed by atoms with E-state index in [1.807, 2.05) is 0 Å². The van der Waals surface area contributed by atoms with Gasteiger partial charge < -0.3 is 15.4 Å². The SMILES string of the molecule is CCc1ccc(C)c(C2C=c3c(C(C)=NC(=N)/C=C\N[C@@H](C)C#N)c(O)[nH]c3=CC2CC)c1. The summed E-state index contributed by atoms with van der Waals surface area (Å²) in [6, 6.07) is 8.41. The van der Waals surface area contributed by atoms with Gasteiger partial charge in [-0.1, -0.05) is 44.2 Å². The first-order valence-corrected chi connectivity index (χ1v) is 11.5. The summed E-state index contributed by atoms with van der Waals surface area (Å²) in [4.78, 5) is 7.48. The van der Waals surface area contributed by atoms with Crippen molar-refractivity contribution < 1.29 is 5.11 Å². The van der Waals surface area contributed by atoms with E-state index in [4.69, 9.17) is 10.7 Å². The maximum atomic E-state index is 10.7. The first-order chi connectivity index (χ1) is 15.8. The minimum atomic E-state index is -0.344. The summed E-state index contributed by atoms with van der Waals surface area (Å²) in [5.41, 5.74) is 5.09. The number of amidine groups is 1. The number of benzene rings is 1. The third-order valence-corrected chi connectivity index (χ3v) is 6.25. The number of aromatic hydroxyl groups is 1. The van der Waals surface area contributed by atoms with Crippen molar-refractivity contribution >= 4 is 23.7 Å². The molecule has 0 fully saturated rings. The molecule has 0 aliphatic heterocycles. The van der Waals surface area contributed by atoms with Crippen LogP contribution in [0.3, 0.4) is 0 Å². The Bertz CT molecular complexity index is 1260. The van der Waals surface area contributed by atoms with Gasteiger partial charge in [0.25, 0.3) is 0 Å². The zero-order valence-electron chi connectivity index (χ0n) is 20.0. The highest BCUT2D eigenvalue weighted by molar-refractivity contribution is 6.09. The van der Waals surface area contributed by atoms with E-state index in [1.165, 1.54) is 22.8 Å². The average Bonchev–Trinajstić information content (AvgIpc) is 3.12. The van der Waals surface area contributed by atoms with E-state index in [-0.39, 0.29) is 23.7 Å². The second kappa shape index (κ2) is 10.4. The number of nitrogens with zero attached hydrogens (tertiary/aromatic N) is 2. The Hall–Kier alpha value is -3.59. The summed E-state index contributed by atoms with van der Waals surface area (Å²) < 4.78 is 0. The average molecular weight is 444 g/mol. The number of H-pyrrole nitrogens is 1. The fraction of sp³-hybridized carbons (Fsp3) is 0.370. The molecule has 1 aliphatic carbocycles. The monoisotopic (exact) mass is 443 g/mol. The van der Waals surface area contributed by atoms with E-state index in [0.717, 1.165) is 23.4 Å². The third-order valence-electron chi connectivity index (χ3n) is 6.25. The predicted molar refractivity (Wildman–Crippen MR) is 135 cm³/mol. The molecule has 3 atom stereocenters. The topological polar surface area (TPSA) is 108 Å². The molecule has 4 N–H and O–H groups in total. The van der Waals surface area contributed by atoms with Gasteiger partial charge >= 0.3 is 0 Å². The number of rotatable bonds is 7. The maximum absolute atomic E-state index is 10.7.